The fourth-order valence-corrected chi connectivity index (χ4v) is 5.03. The molecule has 1 aromatic heterocycles. The van der Waals surface area contributed by atoms with E-state index >= 15 is 0 Å². The first-order chi connectivity index (χ1) is 17.6. The van der Waals surface area contributed by atoms with Crippen LogP contribution in [0.25, 0.3) is 5.69 Å². The van der Waals surface area contributed by atoms with Crippen LogP contribution < -0.4 is 15.2 Å². The summed E-state index contributed by atoms with van der Waals surface area (Å²) in [5, 5.41) is 0.605. The van der Waals surface area contributed by atoms with Gasteiger partial charge in [-0.15, -0.1) is 0 Å². The van der Waals surface area contributed by atoms with Crippen molar-refractivity contribution in [3.63, 3.8) is 0 Å². The Labute approximate surface area is 218 Å². The number of imidazole rings is 1. The normalized spacial score (nSPS) is 11.4. The molecule has 1 amide bonds. The van der Waals surface area contributed by atoms with Crippen molar-refractivity contribution in [3.05, 3.63) is 101 Å². The largest absolute Gasteiger partial charge is 0.493 e. The van der Waals surface area contributed by atoms with Crippen molar-refractivity contribution in [1.82, 2.24) is 9.55 Å². The maximum Gasteiger partial charge on any atom is 0.248 e. The maximum atomic E-state index is 14.6. The summed E-state index contributed by atoms with van der Waals surface area (Å²) in [7, 11) is 3.17. The van der Waals surface area contributed by atoms with Gasteiger partial charge in [-0.3, -0.25) is 9.36 Å². The number of nitrogens with zero attached hydrogens (tertiary/aromatic N) is 2. The SMILES string of the molecule is COc1ccc(C(C)(C)c2cnc(SCc3ccc(C(N)=O)cc3F)n2-c2ccc(F)cc2)cc1OC. The summed E-state index contributed by atoms with van der Waals surface area (Å²) in [6.07, 6.45) is 1.77. The number of aromatic nitrogens is 2. The van der Waals surface area contributed by atoms with Crippen LogP contribution in [0.5, 0.6) is 11.5 Å². The van der Waals surface area contributed by atoms with Crippen molar-refractivity contribution >= 4 is 17.7 Å². The maximum absolute atomic E-state index is 14.6. The van der Waals surface area contributed by atoms with Crippen LogP contribution in [0.1, 0.15) is 41.0 Å². The minimum absolute atomic E-state index is 0.109. The summed E-state index contributed by atoms with van der Waals surface area (Å²) < 4.78 is 41.2. The fraction of sp³-hybridized carbons (Fsp3) is 0.214. The number of benzene rings is 3. The minimum atomic E-state index is -0.688. The number of hydrogen-bond donors (Lipinski definition) is 1. The Morgan fingerprint density at radius 2 is 1.70 bits per heavy atom. The Morgan fingerprint density at radius 1 is 1.00 bits per heavy atom. The van der Waals surface area contributed by atoms with Gasteiger partial charge in [0.25, 0.3) is 0 Å². The van der Waals surface area contributed by atoms with Crippen LogP contribution in [0.3, 0.4) is 0 Å². The number of nitrogens with two attached hydrogens (primary N) is 1. The Bertz CT molecular complexity index is 1440. The molecule has 0 unspecified atom stereocenters. The van der Waals surface area contributed by atoms with Crippen LogP contribution in [-0.2, 0) is 11.2 Å². The van der Waals surface area contributed by atoms with E-state index in [2.05, 4.69) is 18.8 Å². The van der Waals surface area contributed by atoms with Crippen LogP contribution >= 0.6 is 11.8 Å². The quantitative estimate of drug-likeness (QED) is 0.277. The predicted octanol–water partition coefficient (Wildman–Crippen LogP) is 5.88. The van der Waals surface area contributed by atoms with Gasteiger partial charge < -0.3 is 15.2 Å². The molecule has 9 heteroatoms. The molecule has 192 valence electrons. The minimum Gasteiger partial charge on any atom is -0.493 e. The third-order valence-corrected chi connectivity index (χ3v) is 7.26. The number of hydrogen-bond acceptors (Lipinski definition) is 5. The van der Waals surface area contributed by atoms with Gasteiger partial charge in [0.1, 0.15) is 11.6 Å². The molecule has 0 saturated heterocycles. The molecule has 0 bridgehead atoms. The van der Waals surface area contributed by atoms with Gasteiger partial charge in [-0.2, -0.15) is 0 Å². The fourth-order valence-electron chi connectivity index (χ4n) is 4.05. The lowest BCUT2D eigenvalue weighted by Crippen LogP contribution is -2.23. The third kappa shape index (κ3) is 5.32. The molecule has 3 aromatic carbocycles. The van der Waals surface area contributed by atoms with E-state index < -0.39 is 17.1 Å². The predicted molar refractivity (Wildman–Crippen MR) is 140 cm³/mol. The number of carbonyl (C=O) groups is 1. The average Bonchev–Trinajstić information content (AvgIpc) is 3.32. The number of amides is 1. The number of methoxy groups -OCH3 is 2. The first kappa shape index (κ1) is 26.2. The molecule has 0 radical (unpaired) electrons. The Balaban J connectivity index is 1.76. The second kappa shape index (κ2) is 10.6. The van der Waals surface area contributed by atoms with Crippen LogP contribution in [-0.4, -0.2) is 29.7 Å². The highest BCUT2D eigenvalue weighted by atomic mass is 32.2. The van der Waals surface area contributed by atoms with Gasteiger partial charge in [-0.1, -0.05) is 37.7 Å². The van der Waals surface area contributed by atoms with Crippen molar-refractivity contribution < 1.29 is 23.0 Å². The average molecular weight is 524 g/mol. The highest BCUT2D eigenvalue weighted by molar-refractivity contribution is 7.98. The van der Waals surface area contributed by atoms with Gasteiger partial charge in [0, 0.05) is 22.4 Å². The molecular weight excluding hydrogens is 496 g/mol. The second-order valence-electron chi connectivity index (χ2n) is 8.89. The zero-order valence-corrected chi connectivity index (χ0v) is 21.7. The monoisotopic (exact) mass is 523 g/mol. The van der Waals surface area contributed by atoms with Crippen LogP contribution in [0, 0.1) is 11.6 Å². The Hall–Kier alpha value is -3.85. The number of rotatable bonds is 9. The summed E-state index contributed by atoms with van der Waals surface area (Å²) in [6.45, 7) is 4.11. The number of primary amides is 1. The zero-order valence-electron chi connectivity index (χ0n) is 20.9. The number of carbonyl (C=O) groups excluding carboxylic acids is 1. The molecule has 0 aliphatic heterocycles. The molecule has 2 N–H and O–H groups in total. The van der Waals surface area contributed by atoms with E-state index in [4.69, 9.17) is 15.2 Å². The lowest BCUT2D eigenvalue weighted by molar-refractivity contribution is 0.1000. The van der Waals surface area contributed by atoms with E-state index in [0.717, 1.165) is 23.0 Å². The smallest absolute Gasteiger partial charge is 0.248 e. The molecule has 0 saturated carbocycles. The Kier molecular flexibility index (Phi) is 7.54. The zero-order chi connectivity index (χ0) is 26.7. The van der Waals surface area contributed by atoms with Crippen molar-refractivity contribution in [3.8, 4) is 17.2 Å². The highest BCUT2D eigenvalue weighted by Gasteiger charge is 2.30. The van der Waals surface area contributed by atoms with E-state index in [1.54, 1.807) is 38.6 Å². The molecule has 4 aromatic rings. The number of halogens is 2. The molecule has 6 nitrogen and oxygen atoms in total. The van der Waals surface area contributed by atoms with Crippen molar-refractivity contribution in [2.45, 2.75) is 30.2 Å². The van der Waals surface area contributed by atoms with E-state index in [9.17, 15) is 13.6 Å². The van der Waals surface area contributed by atoms with Crippen molar-refractivity contribution in [2.75, 3.05) is 14.2 Å². The van der Waals surface area contributed by atoms with Crippen LogP contribution in [0.2, 0.25) is 0 Å². The van der Waals surface area contributed by atoms with E-state index in [1.165, 1.54) is 30.0 Å². The molecule has 1 heterocycles. The number of thioether (sulfide) groups is 1. The Morgan fingerprint density at radius 3 is 2.32 bits per heavy atom. The summed E-state index contributed by atoms with van der Waals surface area (Å²) >= 11 is 1.33. The van der Waals surface area contributed by atoms with Gasteiger partial charge in [0.05, 0.1) is 26.1 Å². The molecule has 0 spiro atoms. The van der Waals surface area contributed by atoms with Crippen molar-refractivity contribution in [1.29, 1.82) is 0 Å². The third-order valence-electron chi connectivity index (χ3n) is 6.25. The first-order valence-electron chi connectivity index (χ1n) is 11.4. The van der Waals surface area contributed by atoms with Gasteiger partial charge >= 0.3 is 0 Å². The summed E-state index contributed by atoms with van der Waals surface area (Å²) in [5.41, 5.74) is 7.74. The summed E-state index contributed by atoms with van der Waals surface area (Å²) in [4.78, 5) is 16.0. The molecular formula is C28H27F2N3O3S. The van der Waals surface area contributed by atoms with Crippen LogP contribution in [0.15, 0.2) is 72.0 Å². The summed E-state index contributed by atoms with van der Waals surface area (Å²) in [5.74, 6) is -0.0728. The van der Waals surface area contributed by atoms with Gasteiger partial charge in [0.2, 0.25) is 5.91 Å². The van der Waals surface area contributed by atoms with E-state index in [1.807, 2.05) is 22.8 Å². The topological polar surface area (TPSA) is 79.4 Å². The first-order valence-corrected chi connectivity index (χ1v) is 12.4. The molecule has 0 aliphatic rings. The van der Waals surface area contributed by atoms with E-state index in [-0.39, 0.29) is 17.1 Å². The van der Waals surface area contributed by atoms with Crippen molar-refractivity contribution in [2.24, 2.45) is 5.73 Å². The van der Waals surface area contributed by atoms with E-state index in [0.29, 0.717) is 22.2 Å². The number of ether oxygens (including phenoxy) is 2. The lowest BCUT2D eigenvalue weighted by atomic mass is 9.81. The summed E-state index contributed by atoms with van der Waals surface area (Å²) in [6, 6.07) is 16.0. The highest BCUT2D eigenvalue weighted by Crippen LogP contribution is 2.40. The standard InChI is InChI=1S/C28H27F2N3O3S/c1-28(2,19-7-12-23(35-3)24(14-19)36-4)25-15-32-27(33(25)21-10-8-20(29)9-11-21)37-16-18-6-5-17(26(31)34)13-22(18)30/h5-15H,16H2,1-4H3,(H2,31,34). The molecule has 0 fully saturated rings. The molecule has 0 aliphatic carbocycles. The van der Waals surface area contributed by atoms with Gasteiger partial charge in [0.15, 0.2) is 16.7 Å². The molecule has 37 heavy (non-hydrogen) atoms. The van der Waals surface area contributed by atoms with Crippen LogP contribution in [0.4, 0.5) is 8.78 Å². The molecule has 0 atom stereocenters. The second-order valence-corrected chi connectivity index (χ2v) is 9.83. The van der Waals surface area contributed by atoms with Gasteiger partial charge in [-0.05, 0) is 59.7 Å². The molecule has 4 rings (SSSR count). The lowest BCUT2D eigenvalue weighted by Gasteiger charge is -2.28. The van der Waals surface area contributed by atoms with Gasteiger partial charge in [-0.25, -0.2) is 13.8 Å².